The highest BCUT2D eigenvalue weighted by molar-refractivity contribution is 7.89. The van der Waals surface area contributed by atoms with E-state index >= 15 is 0 Å². The third kappa shape index (κ3) is 3.79. The Kier molecular flexibility index (Phi) is 5.07. The van der Waals surface area contributed by atoms with Crippen molar-refractivity contribution in [3.8, 4) is 11.1 Å². The maximum atomic E-state index is 11.9. The van der Waals surface area contributed by atoms with Crippen LogP contribution in [0.25, 0.3) is 11.1 Å². The summed E-state index contributed by atoms with van der Waals surface area (Å²) in [7, 11) is -3.61. The molecule has 0 unspecified atom stereocenters. The molecule has 0 aliphatic rings. The molecule has 0 atom stereocenters. The lowest BCUT2D eigenvalue weighted by Gasteiger charge is -2.07. The van der Waals surface area contributed by atoms with Crippen molar-refractivity contribution >= 4 is 15.8 Å². The van der Waals surface area contributed by atoms with Gasteiger partial charge in [-0.25, -0.2) is 13.1 Å². The van der Waals surface area contributed by atoms with Gasteiger partial charge >= 0.3 is 0 Å². The summed E-state index contributed by atoms with van der Waals surface area (Å²) in [6.07, 6.45) is 0. The second-order valence-corrected chi connectivity index (χ2v) is 6.55. The SMILES string of the molecule is CC(=O)c1cccc(-c2ccc(S(=O)(=O)NCCO)cc2)c1. The van der Waals surface area contributed by atoms with Crippen molar-refractivity contribution in [1.82, 2.24) is 4.72 Å². The molecule has 2 aromatic rings. The monoisotopic (exact) mass is 319 g/mol. The largest absolute Gasteiger partial charge is 0.395 e. The molecule has 0 spiro atoms. The number of carbonyl (C=O) groups is 1. The Bertz CT molecular complexity index is 767. The van der Waals surface area contributed by atoms with Gasteiger partial charge in [-0.1, -0.05) is 30.3 Å². The van der Waals surface area contributed by atoms with Gasteiger partial charge in [0.1, 0.15) is 0 Å². The first-order chi connectivity index (χ1) is 10.4. The average Bonchev–Trinajstić information content (AvgIpc) is 2.53. The number of sulfonamides is 1. The molecular formula is C16H17NO4S. The van der Waals surface area contributed by atoms with Gasteiger partial charge in [-0.3, -0.25) is 4.79 Å². The molecule has 0 aliphatic carbocycles. The number of ketones is 1. The van der Waals surface area contributed by atoms with Crippen LogP contribution in [0.3, 0.4) is 0 Å². The van der Waals surface area contributed by atoms with E-state index in [4.69, 9.17) is 5.11 Å². The second kappa shape index (κ2) is 6.83. The van der Waals surface area contributed by atoms with E-state index in [1.807, 2.05) is 6.07 Å². The summed E-state index contributed by atoms with van der Waals surface area (Å²) in [5, 5.41) is 8.69. The van der Waals surface area contributed by atoms with Crippen molar-refractivity contribution < 1.29 is 18.3 Å². The minimum Gasteiger partial charge on any atom is -0.395 e. The fourth-order valence-corrected chi connectivity index (χ4v) is 3.03. The topological polar surface area (TPSA) is 83.5 Å². The van der Waals surface area contributed by atoms with Crippen LogP contribution >= 0.6 is 0 Å². The van der Waals surface area contributed by atoms with Crippen molar-refractivity contribution in [1.29, 1.82) is 0 Å². The van der Waals surface area contributed by atoms with Gasteiger partial charge in [0.25, 0.3) is 0 Å². The van der Waals surface area contributed by atoms with Crippen LogP contribution in [0, 0.1) is 0 Å². The second-order valence-electron chi connectivity index (χ2n) is 4.78. The van der Waals surface area contributed by atoms with E-state index in [9.17, 15) is 13.2 Å². The van der Waals surface area contributed by atoms with Crippen LogP contribution < -0.4 is 4.72 Å². The molecule has 0 bridgehead atoms. The highest BCUT2D eigenvalue weighted by Gasteiger charge is 2.13. The average molecular weight is 319 g/mol. The van der Waals surface area contributed by atoms with E-state index in [0.29, 0.717) is 5.56 Å². The van der Waals surface area contributed by atoms with Gasteiger partial charge in [0.05, 0.1) is 11.5 Å². The number of aliphatic hydroxyl groups excluding tert-OH is 1. The molecular weight excluding hydrogens is 302 g/mol. The summed E-state index contributed by atoms with van der Waals surface area (Å²) >= 11 is 0. The Labute approximate surface area is 129 Å². The van der Waals surface area contributed by atoms with Gasteiger partial charge in [-0.2, -0.15) is 0 Å². The zero-order chi connectivity index (χ0) is 16.2. The lowest BCUT2D eigenvalue weighted by molar-refractivity contribution is 0.101. The normalized spacial score (nSPS) is 11.4. The number of Topliss-reactive ketones (excluding diaryl/α,β-unsaturated/α-hetero) is 1. The van der Waals surface area contributed by atoms with Crippen LogP contribution in [-0.2, 0) is 10.0 Å². The number of aliphatic hydroxyl groups is 1. The van der Waals surface area contributed by atoms with E-state index in [0.717, 1.165) is 11.1 Å². The molecule has 116 valence electrons. The molecule has 0 heterocycles. The summed E-state index contributed by atoms with van der Waals surface area (Å²) in [5.74, 6) is -0.0192. The Balaban J connectivity index is 2.29. The zero-order valence-electron chi connectivity index (χ0n) is 12.1. The molecule has 0 saturated carbocycles. The van der Waals surface area contributed by atoms with E-state index in [1.54, 1.807) is 30.3 Å². The molecule has 5 nitrogen and oxygen atoms in total. The number of carbonyl (C=O) groups excluding carboxylic acids is 1. The van der Waals surface area contributed by atoms with Crippen LogP contribution in [-0.4, -0.2) is 32.5 Å². The van der Waals surface area contributed by atoms with E-state index in [1.165, 1.54) is 19.1 Å². The third-order valence-electron chi connectivity index (χ3n) is 3.17. The fraction of sp³-hybridized carbons (Fsp3) is 0.188. The minimum atomic E-state index is -3.61. The van der Waals surface area contributed by atoms with Crippen molar-refractivity contribution in [3.63, 3.8) is 0 Å². The zero-order valence-corrected chi connectivity index (χ0v) is 12.9. The van der Waals surface area contributed by atoms with Crippen molar-refractivity contribution in [3.05, 3.63) is 54.1 Å². The van der Waals surface area contributed by atoms with Gasteiger partial charge in [0, 0.05) is 12.1 Å². The first kappa shape index (κ1) is 16.4. The first-order valence-corrected chi connectivity index (χ1v) is 8.24. The van der Waals surface area contributed by atoms with Crippen LogP contribution in [0.2, 0.25) is 0 Å². The molecule has 0 aliphatic heterocycles. The van der Waals surface area contributed by atoms with Gasteiger partial charge in [0.2, 0.25) is 10.0 Å². The summed E-state index contributed by atoms with van der Waals surface area (Å²) < 4.78 is 26.1. The highest BCUT2D eigenvalue weighted by atomic mass is 32.2. The van der Waals surface area contributed by atoms with Gasteiger partial charge < -0.3 is 5.11 Å². The number of rotatable bonds is 6. The van der Waals surface area contributed by atoms with E-state index in [-0.39, 0.29) is 23.8 Å². The molecule has 2 aromatic carbocycles. The number of nitrogens with one attached hydrogen (secondary N) is 1. The molecule has 0 aromatic heterocycles. The van der Waals surface area contributed by atoms with Gasteiger partial charge in [-0.05, 0) is 36.2 Å². The van der Waals surface area contributed by atoms with E-state index in [2.05, 4.69) is 4.72 Å². The number of hydrogen-bond donors (Lipinski definition) is 2. The summed E-state index contributed by atoms with van der Waals surface area (Å²) in [5.41, 5.74) is 2.28. The van der Waals surface area contributed by atoms with Gasteiger partial charge in [0.15, 0.2) is 5.78 Å². The molecule has 2 N–H and O–H groups in total. The number of hydrogen-bond acceptors (Lipinski definition) is 4. The van der Waals surface area contributed by atoms with Gasteiger partial charge in [-0.15, -0.1) is 0 Å². The summed E-state index contributed by atoms with van der Waals surface area (Å²) in [6.45, 7) is 1.22. The van der Waals surface area contributed by atoms with E-state index < -0.39 is 10.0 Å². The molecule has 0 saturated heterocycles. The fourth-order valence-electron chi connectivity index (χ4n) is 2.01. The number of benzene rings is 2. The summed E-state index contributed by atoms with van der Waals surface area (Å²) in [4.78, 5) is 11.5. The molecule has 0 fully saturated rings. The third-order valence-corrected chi connectivity index (χ3v) is 4.65. The Morgan fingerprint density at radius 3 is 2.36 bits per heavy atom. The molecule has 0 amide bonds. The lowest BCUT2D eigenvalue weighted by atomic mass is 10.0. The quantitative estimate of drug-likeness (QED) is 0.796. The first-order valence-electron chi connectivity index (χ1n) is 6.76. The Morgan fingerprint density at radius 2 is 1.77 bits per heavy atom. The standard InChI is InChI=1S/C16H17NO4S/c1-12(19)14-3-2-4-15(11-14)13-5-7-16(8-6-13)22(20,21)17-9-10-18/h2-8,11,17-18H,9-10H2,1H3. The molecule has 0 radical (unpaired) electrons. The Hall–Kier alpha value is -2.02. The lowest BCUT2D eigenvalue weighted by Crippen LogP contribution is -2.26. The van der Waals surface area contributed by atoms with Crippen molar-refractivity contribution in [2.45, 2.75) is 11.8 Å². The highest BCUT2D eigenvalue weighted by Crippen LogP contribution is 2.22. The predicted molar refractivity (Wildman–Crippen MR) is 84.2 cm³/mol. The van der Waals surface area contributed by atoms with Crippen molar-refractivity contribution in [2.24, 2.45) is 0 Å². The van der Waals surface area contributed by atoms with Crippen LogP contribution in [0.15, 0.2) is 53.4 Å². The molecule has 2 rings (SSSR count). The summed E-state index contributed by atoms with van der Waals surface area (Å²) in [6, 6.07) is 13.5. The maximum Gasteiger partial charge on any atom is 0.240 e. The molecule has 22 heavy (non-hydrogen) atoms. The van der Waals surface area contributed by atoms with Crippen LogP contribution in [0.1, 0.15) is 17.3 Å². The predicted octanol–water partition coefficient (Wildman–Crippen LogP) is 1.83. The molecule has 6 heteroatoms. The smallest absolute Gasteiger partial charge is 0.240 e. The Morgan fingerprint density at radius 1 is 1.09 bits per heavy atom. The van der Waals surface area contributed by atoms with Crippen LogP contribution in [0.4, 0.5) is 0 Å². The minimum absolute atomic E-state index is 0.0192. The van der Waals surface area contributed by atoms with Crippen LogP contribution in [0.5, 0.6) is 0 Å². The van der Waals surface area contributed by atoms with Crippen molar-refractivity contribution in [2.75, 3.05) is 13.2 Å². The maximum absolute atomic E-state index is 11.9.